The summed E-state index contributed by atoms with van der Waals surface area (Å²) in [7, 11) is 0. The van der Waals surface area contributed by atoms with Crippen molar-refractivity contribution in [1.29, 1.82) is 0 Å². The van der Waals surface area contributed by atoms with Crippen molar-refractivity contribution >= 4 is 11.6 Å². The summed E-state index contributed by atoms with van der Waals surface area (Å²) in [5.41, 5.74) is 2.47. The molecule has 0 saturated heterocycles. The standard InChI is InChI=1S/C16H16Cl/c17-16(15-11-5-2-6-12-15)13-7-10-14-8-3-1-4-9-14/h1-6,8-12,16H,7,13H2. The molecule has 0 aliphatic carbocycles. The van der Waals surface area contributed by atoms with Gasteiger partial charge in [0.1, 0.15) is 0 Å². The predicted molar refractivity (Wildman–Crippen MR) is 74.1 cm³/mol. The van der Waals surface area contributed by atoms with Gasteiger partial charge in [-0.05, 0) is 30.4 Å². The fourth-order valence-electron chi connectivity index (χ4n) is 1.81. The zero-order chi connectivity index (χ0) is 11.9. The minimum absolute atomic E-state index is 0.108. The summed E-state index contributed by atoms with van der Waals surface area (Å²) in [6, 6.07) is 20.6. The molecule has 0 N–H and O–H groups in total. The molecule has 0 bridgehead atoms. The molecule has 0 aliphatic heterocycles. The van der Waals surface area contributed by atoms with Crippen LogP contribution in [0.1, 0.15) is 29.3 Å². The average molecular weight is 244 g/mol. The largest absolute Gasteiger partial charge is 0.118 e. The number of hydrogen-bond acceptors (Lipinski definition) is 0. The molecule has 17 heavy (non-hydrogen) atoms. The van der Waals surface area contributed by atoms with E-state index in [1.807, 2.05) is 24.3 Å². The molecule has 87 valence electrons. The third-order valence-corrected chi connectivity index (χ3v) is 3.23. The first-order valence-corrected chi connectivity index (χ1v) is 6.37. The third-order valence-electron chi connectivity index (χ3n) is 2.76. The molecular formula is C16H16Cl. The molecule has 0 fully saturated rings. The Morgan fingerprint density at radius 1 is 0.882 bits per heavy atom. The fourth-order valence-corrected chi connectivity index (χ4v) is 2.09. The van der Waals surface area contributed by atoms with E-state index in [0.29, 0.717) is 0 Å². The molecule has 1 atom stereocenters. The lowest BCUT2D eigenvalue weighted by atomic mass is 10.0. The smallest absolute Gasteiger partial charge is 0.0585 e. The van der Waals surface area contributed by atoms with Crippen molar-refractivity contribution < 1.29 is 0 Å². The van der Waals surface area contributed by atoms with Crippen LogP contribution < -0.4 is 0 Å². The van der Waals surface area contributed by atoms with Crippen LogP contribution in [0.25, 0.3) is 0 Å². The minimum atomic E-state index is 0.108. The van der Waals surface area contributed by atoms with Gasteiger partial charge in [0.2, 0.25) is 0 Å². The number of benzene rings is 2. The highest BCUT2D eigenvalue weighted by molar-refractivity contribution is 6.20. The van der Waals surface area contributed by atoms with E-state index in [2.05, 4.69) is 42.8 Å². The van der Waals surface area contributed by atoms with E-state index >= 15 is 0 Å². The highest BCUT2D eigenvalue weighted by Gasteiger charge is 2.06. The Balaban J connectivity index is 1.79. The summed E-state index contributed by atoms with van der Waals surface area (Å²) >= 11 is 6.35. The van der Waals surface area contributed by atoms with E-state index in [4.69, 9.17) is 11.6 Å². The lowest BCUT2D eigenvalue weighted by molar-refractivity contribution is 0.789. The molecule has 1 unspecified atom stereocenters. The molecule has 0 heterocycles. The Labute approximate surface area is 108 Å². The second kappa shape index (κ2) is 6.46. The summed E-state index contributed by atoms with van der Waals surface area (Å²) < 4.78 is 0. The van der Waals surface area contributed by atoms with E-state index < -0.39 is 0 Å². The van der Waals surface area contributed by atoms with Crippen LogP contribution in [0.15, 0.2) is 60.7 Å². The lowest BCUT2D eigenvalue weighted by Gasteiger charge is -2.09. The number of rotatable bonds is 5. The number of hydrogen-bond donors (Lipinski definition) is 0. The van der Waals surface area contributed by atoms with Gasteiger partial charge in [-0.25, -0.2) is 0 Å². The maximum atomic E-state index is 6.35. The normalized spacial score (nSPS) is 12.3. The molecule has 0 nitrogen and oxygen atoms in total. The summed E-state index contributed by atoms with van der Waals surface area (Å²) in [6.45, 7) is 0. The molecule has 0 aliphatic rings. The van der Waals surface area contributed by atoms with Gasteiger partial charge in [-0.3, -0.25) is 0 Å². The van der Waals surface area contributed by atoms with Gasteiger partial charge in [-0.1, -0.05) is 60.7 Å². The Kier molecular flexibility index (Phi) is 4.63. The lowest BCUT2D eigenvalue weighted by Crippen LogP contribution is -1.91. The van der Waals surface area contributed by atoms with Gasteiger partial charge in [0, 0.05) is 0 Å². The number of halogens is 1. The van der Waals surface area contributed by atoms with Crippen LogP contribution in [0.3, 0.4) is 0 Å². The van der Waals surface area contributed by atoms with Crippen molar-refractivity contribution in [2.75, 3.05) is 0 Å². The van der Waals surface area contributed by atoms with E-state index in [9.17, 15) is 0 Å². The van der Waals surface area contributed by atoms with Crippen molar-refractivity contribution in [2.24, 2.45) is 0 Å². The van der Waals surface area contributed by atoms with Gasteiger partial charge in [-0.2, -0.15) is 0 Å². The second-order valence-corrected chi connectivity index (χ2v) is 4.60. The molecule has 0 aromatic heterocycles. The van der Waals surface area contributed by atoms with Crippen molar-refractivity contribution in [1.82, 2.24) is 0 Å². The predicted octanol–water partition coefficient (Wildman–Crippen LogP) is 5.00. The van der Waals surface area contributed by atoms with Gasteiger partial charge in [-0.15, -0.1) is 11.6 Å². The van der Waals surface area contributed by atoms with Gasteiger partial charge >= 0.3 is 0 Å². The molecular weight excluding hydrogens is 228 g/mol. The van der Waals surface area contributed by atoms with Crippen molar-refractivity contribution in [3.05, 3.63) is 78.2 Å². The third kappa shape index (κ3) is 3.90. The first-order chi connectivity index (χ1) is 8.36. The number of alkyl halides is 1. The van der Waals surface area contributed by atoms with Crippen LogP contribution in [0.5, 0.6) is 0 Å². The Bertz CT molecular complexity index is 422. The van der Waals surface area contributed by atoms with Crippen LogP contribution in [-0.2, 0) is 0 Å². The van der Waals surface area contributed by atoms with Crippen molar-refractivity contribution in [3.8, 4) is 0 Å². The topological polar surface area (TPSA) is 0 Å². The van der Waals surface area contributed by atoms with E-state index in [0.717, 1.165) is 12.8 Å². The summed E-state index contributed by atoms with van der Waals surface area (Å²) in [4.78, 5) is 0. The summed E-state index contributed by atoms with van der Waals surface area (Å²) in [5, 5.41) is 0.108. The van der Waals surface area contributed by atoms with Crippen LogP contribution in [-0.4, -0.2) is 0 Å². The molecule has 0 spiro atoms. The Hall–Kier alpha value is -1.27. The Morgan fingerprint density at radius 2 is 1.47 bits per heavy atom. The highest BCUT2D eigenvalue weighted by atomic mass is 35.5. The van der Waals surface area contributed by atoms with E-state index in [1.54, 1.807) is 0 Å². The molecule has 0 saturated carbocycles. The first kappa shape index (κ1) is 12.2. The molecule has 1 heteroatoms. The minimum Gasteiger partial charge on any atom is -0.118 e. The summed E-state index contributed by atoms with van der Waals surface area (Å²) in [5.74, 6) is 0. The average Bonchev–Trinajstić information content (AvgIpc) is 2.41. The molecule has 2 aromatic carbocycles. The van der Waals surface area contributed by atoms with E-state index in [1.165, 1.54) is 11.1 Å². The fraction of sp³-hybridized carbons (Fsp3) is 0.188. The molecule has 2 rings (SSSR count). The van der Waals surface area contributed by atoms with Gasteiger partial charge in [0.25, 0.3) is 0 Å². The van der Waals surface area contributed by atoms with Crippen LogP contribution in [0.2, 0.25) is 0 Å². The molecule has 2 aromatic rings. The highest BCUT2D eigenvalue weighted by Crippen LogP contribution is 2.26. The van der Waals surface area contributed by atoms with Gasteiger partial charge in [0.15, 0.2) is 0 Å². The van der Waals surface area contributed by atoms with E-state index in [-0.39, 0.29) is 5.38 Å². The van der Waals surface area contributed by atoms with Crippen LogP contribution >= 0.6 is 11.6 Å². The zero-order valence-corrected chi connectivity index (χ0v) is 10.5. The van der Waals surface area contributed by atoms with Crippen LogP contribution in [0, 0.1) is 6.42 Å². The molecule has 0 amide bonds. The maximum absolute atomic E-state index is 6.35. The quantitative estimate of drug-likeness (QED) is 0.649. The van der Waals surface area contributed by atoms with Crippen molar-refractivity contribution in [3.63, 3.8) is 0 Å². The van der Waals surface area contributed by atoms with Gasteiger partial charge < -0.3 is 0 Å². The summed E-state index contributed by atoms with van der Waals surface area (Å²) in [6.07, 6.45) is 4.21. The first-order valence-electron chi connectivity index (χ1n) is 5.93. The Morgan fingerprint density at radius 3 is 2.12 bits per heavy atom. The monoisotopic (exact) mass is 243 g/mol. The zero-order valence-electron chi connectivity index (χ0n) is 9.72. The van der Waals surface area contributed by atoms with Crippen LogP contribution in [0.4, 0.5) is 0 Å². The van der Waals surface area contributed by atoms with Gasteiger partial charge in [0.05, 0.1) is 5.38 Å². The second-order valence-electron chi connectivity index (χ2n) is 4.07. The SMILES string of the molecule is ClC(CC[CH]c1ccccc1)c1ccccc1. The molecule has 1 radical (unpaired) electrons. The maximum Gasteiger partial charge on any atom is 0.0585 e. The van der Waals surface area contributed by atoms with Crippen molar-refractivity contribution in [2.45, 2.75) is 18.2 Å².